The van der Waals surface area contributed by atoms with Gasteiger partial charge in [0.05, 0.1) is 19.0 Å². The van der Waals surface area contributed by atoms with Crippen LogP contribution in [0.2, 0.25) is 0 Å². The van der Waals surface area contributed by atoms with Crippen molar-refractivity contribution in [1.29, 1.82) is 0 Å². The van der Waals surface area contributed by atoms with Gasteiger partial charge in [-0.2, -0.15) is 9.90 Å². The summed E-state index contributed by atoms with van der Waals surface area (Å²) >= 11 is 0. The van der Waals surface area contributed by atoms with Gasteiger partial charge in [-0.3, -0.25) is 9.59 Å². The molecule has 1 aromatic heterocycles. The SMILES string of the molecule is COC(=O)CCCCCNC(=O)c1cnn(-c2ccccc2)n1. The molecule has 1 heterocycles. The number of ether oxygens (including phenoxy) is 1. The number of carbonyl (C=O) groups is 2. The quantitative estimate of drug-likeness (QED) is 0.592. The zero-order chi connectivity index (χ0) is 16.5. The van der Waals surface area contributed by atoms with E-state index in [2.05, 4.69) is 20.3 Å². The van der Waals surface area contributed by atoms with Crippen LogP contribution in [-0.2, 0) is 9.53 Å². The summed E-state index contributed by atoms with van der Waals surface area (Å²) in [5.41, 5.74) is 1.08. The normalized spacial score (nSPS) is 10.3. The predicted octanol–water partition coefficient (Wildman–Crippen LogP) is 1.73. The Balaban J connectivity index is 1.72. The van der Waals surface area contributed by atoms with E-state index in [1.165, 1.54) is 18.1 Å². The minimum atomic E-state index is -0.250. The van der Waals surface area contributed by atoms with Gasteiger partial charge in [-0.25, -0.2) is 0 Å². The maximum Gasteiger partial charge on any atom is 0.305 e. The highest BCUT2D eigenvalue weighted by Crippen LogP contribution is 2.04. The highest BCUT2D eigenvalue weighted by atomic mass is 16.5. The molecule has 1 N–H and O–H groups in total. The number of hydrogen-bond acceptors (Lipinski definition) is 5. The lowest BCUT2D eigenvalue weighted by atomic mass is 10.2. The van der Waals surface area contributed by atoms with Gasteiger partial charge in [0.25, 0.3) is 5.91 Å². The van der Waals surface area contributed by atoms with Crippen molar-refractivity contribution < 1.29 is 14.3 Å². The first-order valence-electron chi connectivity index (χ1n) is 7.53. The molecule has 1 amide bonds. The van der Waals surface area contributed by atoms with Crippen molar-refractivity contribution in [3.05, 3.63) is 42.2 Å². The van der Waals surface area contributed by atoms with Crippen LogP contribution in [0.15, 0.2) is 36.5 Å². The van der Waals surface area contributed by atoms with Crippen LogP contribution in [-0.4, -0.2) is 40.5 Å². The molecule has 1 aromatic carbocycles. The molecule has 7 heteroatoms. The van der Waals surface area contributed by atoms with E-state index in [9.17, 15) is 9.59 Å². The van der Waals surface area contributed by atoms with Gasteiger partial charge in [0.1, 0.15) is 0 Å². The molecule has 2 rings (SSSR count). The van der Waals surface area contributed by atoms with Gasteiger partial charge in [-0.15, -0.1) is 5.10 Å². The van der Waals surface area contributed by atoms with Gasteiger partial charge < -0.3 is 10.1 Å². The molecule has 0 unspecified atom stereocenters. The molecule has 7 nitrogen and oxygen atoms in total. The molecule has 0 saturated carbocycles. The monoisotopic (exact) mass is 316 g/mol. The number of unbranched alkanes of at least 4 members (excludes halogenated alkanes) is 2. The lowest BCUT2D eigenvalue weighted by Gasteiger charge is -2.03. The van der Waals surface area contributed by atoms with E-state index < -0.39 is 0 Å². The third-order valence-corrected chi connectivity index (χ3v) is 3.28. The average molecular weight is 316 g/mol. The number of aromatic nitrogens is 3. The van der Waals surface area contributed by atoms with E-state index in [1.54, 1.807) is 0 Å². The number of nitrogens with zero attached hydrogens (tertiary/aromatic N) is 3. The van der Waals surface area contributed by atoms with Crippen LogP contribution >= 0.6 is 0 Å². The minimum Gasteiger partial charge on any atom is -0.469 e. The van der Waals surface area contributed by atoms with Crippen molar-refractivity contribution in [2.45, 2.75) is 25.7 Å². The van der Waals surface area contributed by atoms with E-state index in [1.807, 2.05) is 30.3 Å². The number of rotatable bonds is 8. The summed E-state index contributed by atoms with van der Waals surface area (Å²) < 4.78 is 4.57. The second-order valence-corrected chi connectivity index (χ2v) is 5.00. The van der Waals surface area contributed by atoms with Crippen molar-refractivity contribution in [3.8, 4) is 5.69 Å². The summed E-state index contributed by atoms with van der Waals surface area (Å²) in [5, 5.41) is 11.0. The molecule has 0 atom stereocenters. The standard InChI is InChI=1S/C16H20N4O3/c1-23-15(21)10-6-3-7-11-17-16(22)14-12-18-20(19-14)13-8-4-2-5-9-13/h2,4-5,8-9,12H,3,6-7,10-11H2,1H3,(H,17,22). The Morgan fingerprint density at radius 3 is 2.70 bits per heavy atom. The number of amides is 1. The van der Waals surface area contributed by atoms with Gasteiger partial charge in [-0.1, -0.05) is 24.6 Å². The number of para-hydroxylation sites is 1. The number of esters is 1. The van der Waals surface area contributed by atoms with Gasteiger partial charge >= 0.3 is 5.97 Å². The fourth-order valence-corrected chi connectivity index (χ4v) is 2.02. The fourth-order valence-electron chi connectivity index (χ4n) is 2.02. The number of nitrogens with one attached hydrogen (secondary N) is 1. The number of methoxy groups -OCH3 is 1. The van der Waals surface area contributed by atoms with Crippen LogP contribution in [0.3, 0.4) is 0 Å². The molecule has 0 aliphatic rings. The van der Waals surface area contributed by atoms with E-state index in [4.69, 9.17) is 0 Å². The van der Waals surface area contributed by atoms with Crippen molar-refractivity contribution in [3.63, 3.8) is 0 Å². The van der Waals surface area contributed by atoms with Crippen molar-refractivity contribution in [1.82, 2.24) is 20.3 Å². The minimum absolute atomic E-state index is 0.202. The lowest BCUT2D eigenvalue weighted by Crippen LogP contribution is -2.25. The zero-order valence-corrected chi connectivity index (χ0v) is 13.1. The Morgan fingerprint density at radius 2 is 1.96 bits per heavy atom. The topological polar surface area (TPSA) is 86.1 Å². The Labute approximate surface area is 134 Å². The molecule has 0 aliphatic heterocycles. The maximum absolute atomic E-state index is 12.0. The van der Waals surface area contributed by atoms with Crippen LogP contribution in [0.25, 0.3) is 5.69 Å². The summed E-state index contributed by atoms with van der Waals surface area (Å²) in [6.45, 7) is 0.540. The summed E-state index contributed by atoms with van der Waals surface area (Å²) in [4.78, 5) is 24.3. The third kappa shape index (κ3) is 5.21. The summed E-state index contributed by atoms with van der Waals surface area (Å²) in [6, 6.07) is 9.40. The molecular weight excluding hydrogens is 296 g/mol. The zero-order valence-electron chi connectivity index (χ0n) is 13.1. The first-order chi connectivity index (χ1) is 11.2. The molecular formula is C16H20N4O3. The van der Waals surface area contributed by atoms with E-state index in [0.29, 0.717) is 13.0 Å². The van der Waals surface area contributed by atoms with Crippen LogP contribution in [0, 0.1) is 0 Å². The molecule has 23 heavy (non-hydrogen) atoms. The van der Waals surface area contributed by atoms with Gasteiger partial charge in [-0.05, 0) is 25.0 Å². The second-order valence-electron chi connectivity index (χ2n) is 5.00. The second kappa shape index (κ2) is 8.67. The van der Waals surface area contributed by atoms with E-state index >= 15 is 0 Å². The van der Waals surface area contributed by atoms with Gasteiger partial charge in [0.2, 0.25) is 0 Å². The molecule has 0 saturated heterocycles. The Kier molecular flexibility index (Phi) is 6.28. The summed E-state index contributed by atoms with van der Waals surface area (Å²) in [6.07, 6.45) is 4.27. The average Bonchev–Trinajstić information content (AvgIpc) is 3.08. The first-order valence-corrected chi connectivity index (χ1v) is 7.53. The molecule has 0 radical (unpaired) electrons. The smallest absolute Gasteiger partial charge is 0.305 e. The lowest BCUT2D eigenvalue weighted by molar-refractivity contribution is -0.140. The number of hydrogen-bond donors (Lipinski definition) is 1. The van der Waals surface area contributed by atoms with Gasteiger partial charge in [0.15, 0.2) is 5.69 Å². The Morgan fingerprint density at radius 1 is 1.17 bits per heavy atom. The molecule has 2 aromatic rings. The molecule has 0 bridgehead atoms. The van der Waals surface area contributed by atoms with E-state index in [-0.39, 0.29) is 17.6 Å². The first kappa shape index (κ1) is 16.7. The third-order valence-electron chi connectivity index (χ3n) is 3.28. The van der Waals surface area contributed by atoms with Crippen LogP contribution in [0.1, 0.15) is 36.2 Å². The Hall–Kier alpha value is -2.70. The summed E-state index contributed by atoms with van der Waals surface area (Å²) in [7, 11) is 1.38. The largest absolute Gasteiger partial charge is 0.469 e. The van der Waals surface area contributed by atoms with Crippen molar-refractivity contribution in [2.75, 3.05) is 13.7 Å². The highest BCUT2D eigenvalue weighted by Gasteiger charge is 2.10. The highest BCUT2D eigenvalue weighted by molar-refractivity contribution is 5.91. The molecule has 122 valence electrons. The number of carbonyl (C=O) groups excluding carboxylic acids is 2. The maximum atomic E-state index is 12.0. The number of benzene rings is 1. The Bertz CT molecular complexity index is 640. The molecule has 0 fully saturated rings. The van der Waals surface area contributed by atoms with Gasteiger partial charge in [0, 0.05) is 13.0 Å². The van der Waals surface area contributed by atoms with Crippen LogP contribution < -0.4 is 5.32 Å². The van der Waals surface area contributed by atoms with Crippen molar-refractivity contribution >= 4 is 11.9 Å². The van der Waals surface area contributed by atoms with Crippen LogP contribution in [0.4, 0.5) is 0 Å². The van der Waals surface area contributed by atoms with E-state index in [0.717, 1.165) is 24.9 Å². The predicted molar refractivity (Wildman–Crippen MR) is 84.2 cm³/mol. The summed E-state index contributed by atoms with van der Waals surface area (Å²) in [5.74, 6) is -0.452. The molecule has 0 spiro atoms. The fraction of sp³-hybridized carbons (Fsp3) is 0.375. The van der Waals surface area contributed by atoms with Crippen molar-refractivity contribution in [2.24, 2.45) is 0 Å². The van der Waals surface area contributed by atoms with Crippen LogP contribution in [0.5, 0.6) is 0 Å². The molecule has 0 aliphatic carbocycles.